The first kappa shape index (κ1) is 19.9. The lowest BCUT2D eigenvalue weighted by atomic mass is 10.1. The number of nitrogens with one attached hydrogen (secondary N) is 2. The molecule has 2 aromatic carbocycles. The number of anilines is 2. The SMILES string of the molecule is CCCCOC(=O)c1ccc(NC(=O)c2ccc3c(c2)NC(=O)CCS3)cc1. The molecule has 1 aliphatic heterocycles. The van der Waals surface area contributed by atoms with Gasteiger partial charge in [0.25, 0.3) is 5.91 Å². The molecule has 0 aromatic heterocycles. The van der Waals surface area contributed by atoms with E-state index < -0.39 is 0 Å². The number of carbonyl (C=O) groups excluding carboxylic acids is 3. The number of thioether (sulfide) groups is 1. The van der Waals surface area contributed by atoms with Crippen LogP contribution in [0, 0.1) is 0 Å². The number of hydrogen-bond donors (Lipinski definition) is 2. The Bertz CT molecular complexity index is 880. The molecule has 0 fully saturated rings. The van der Waals surface area contributed by atoms with Gasteiger partial charge in [-0.05, 0) is 48.9 Å². The first-order valence-corrected chi connectivity index (χ1v) is 10.2. The summed E-state index contributed by atoms with van der Waals surface area (Å²) >= 11 is 1.59. The lowest BCUT2D eigenvalue weighted by molar-refractivity contribution is -0.115. The normalized spacial score (nSPS) is 13.1. The highest BCUT2D eigenvalue weighted by Crippen LogP contribution is 2.31. The standard InChI is InChI=1S/C21H22N2O4S/c1-2-3-11-27-21(26)14-4-7-16(8-5-14)22-20(25)15-6-9-18-17(13-15)23-19(24)10-12-28-18/h4-9,13H,2-3,10-12H2,1H3,(H,22,25)(H,23,24). The Morgan fingerprint density at radius 2 is 1.89 bits per heavy atom. The zero-order chi connectivity index (χ0) is 19.9. The number of rotatable bonds is 6. The molecule has 3 rings (SSSR count). The summed E-state index contributed by atoms with van der Waals surface area (Å²) in [7, 11) is 0. The fourth-order valence-corrected chi connectivity index (χ4v) is 3.58. The van der Waals surface area contributed by atoms with Crippen LogP contribution in [0.1, 0.15) is 46.9 Å². The summed E-state index contributed by atoms with van der Waals surface area (Å²) < 4.78 is 5.17. The van der Waals surface area contributed by atoms with Gasteiger partial charge < -0.3 is 15.4 Å². The van der Waals surface area contributed by atoms with Crippen LogP contribution in [-0.4, -0.2) is 30.1 Å². The third-order valence-electron chi connectivity index (χ3n) is 4.21. The highest BCUT2D eigenvalue weighted by atomic mass is 32.2. The fourth-order valence-electron chi connectivity index (χ4n) is 2.65. The molecule has 0 saturated heterocycles. The Labute approximate surface area is 168 Å². The van der Waals surface area contributed by atoms with E-state index in [1.165, 1.54) is 0 Å². The van der Waals surface area contributed by atoms with E-state index in [0.29, 0.717) is 35.5 Å². The van der Waals surface area contributed by atoms with Crippen molar-refractivity contribution in [3.63, 3.8) is 0 Å². The summed E-state index contributed by atoms with van der Waals surface area (Å²) in [6.45, 7) is 2.43. The Kier molecular flexibility index (Phi) is 6.71. The van der Waals surface area contributed by atoms with E-state index >= 15 is 0 Å². The van der Waals surface area contributed by atoms with Gasteiger partial charge in [0.2, 0.25) is 5.91 Å². The summed E-state index contributed by atoms with van der Waals surface area (Å²) in [5.74, 6) is 0.0116. The molecule has 0 spiro atoms. The van der Waals surface area contributed by atoms with Crippen LogP contribution in [0.2, 0.25) is 0 Å². The number of ether oxygens (including phenoxy) is 1. The minimum atomic E-state index is -0.370. The summed E-state index contributed by atoms with van der Waals surface area (Å²) in [6, 6.07) is 11.8. The van der Waals surface area contributed by atoms with Crippen molar-refractivity contribution in [3.05, 3.63) is 53.6 Å². The predicted molar refractivity (Wildman–Crippen MR) is 110 cm³/mol. The number of amides is 2. The second kappa shape index (κ2) is 9.41. The van der Waals surface area contributed by atoms with Gasteiger partial charge in [-0.1, -0.05) is 13.3 Å². The molecule has 0 bridgehead atoms. The molecular formula is C21H22N2O4S. The zero-order valence-electron chi connectivity index (χ0n) is 15.6. The molecule has 0 unspecified atom stereocenters. The average molecular weight is 398 g/mol. The Morgan fingerprint density at radius 3 is 2.64 bits per heavy atom. The quantitative estimate of drug-likeness (QED) is 0.559. The predicted octanol–water partition coefficient (Wildman–Crippen LogP) is 4.33. The van der Waals surface area contributed by atoms with Crippen LogP contribution in [0.5, 0.6) is 0 Å². The van der Waals surface area contributed by atoms with E-state index in [2.05, 4.69) is 10.6 Å². The molecule has 0 atom stereocenters. The molecule has 1 heterocycles. The maximum atomic E-state index is 12.5. The van der Waals surface area contributed by atoms with E-state index in [-0.39, 0.29) is 17.8 Å². The van der Waals surface area contributed by atoms with Crippen molar-refractivity contribution in [2.45, 2.75) is 31.1 Å². The zero-order valence-corrected chi connectivity index (χ0v) is 16.4. The molecule has 7 heteroatoms. The van der Waals surface area contributed by atoms with Crippen LogP contribution in [0.25, 0.3) is 0 Å². The van der Waals surface area contributed by atoms with Gasteiger partial charge in [-0.3, -0.25) is 9.59 Å². The largest absolute Gasteiger partial charge is 0.462 e. The maximum absolute atomic E-state index is 12.5. The van der Waals surface area contributed by atoms with Gasteiger partial charge in [-0.2, -0.15) is 0 Å². The van der Waals surface area contributed by atoms with Crippen LogP contribution in [0.3, 0.4) is 0 Å². The summed E-state index contributed by atoms with van der Waals surface area (Å²) in [5.41, 5.74) is 2.12. The van der Waals surface area contributed by atoms with Crippen molar-refractivity contribution in [2.75, 3.05) is 23.0 Å². The van der Waals surface area contributed by atoms with Crippen molar-refractivity contribution < 1.29 is 19.1 Å². The van der Waals surface area contributed by atoms with Gasteiger partial charge in [0.15, 0.2) is 0 Å². The van der Waals surface area contributed by atoms with Crippen molar-refractivity contribution in [1.82, 2.24) is 0 Å². The first-order valence-electron chi connectivity index (χ1n) is 9.22. The molecule has 2 amide bonds. The Balaban J connectivity index is 1.65. The molecule has 146 valence electrons. The summed E-state index contributed by atoms with van der Waals surface area (Å²) in [6.07, 6.45) is 2.25. The summed E-state index contributed by atoms with van der Waals surface area (Å²) in [5, 5.41) is 5.63. The molecule has 0 aliphatic carbocycles. The number of fused-ring (bicyclic) bond motifs is 1. The minimum absolute atomic E-state index is 0.0507. The smallest absolute Gasteiger partial charge is 0.338 e. The van der Waals surface area contributed by atoms with E-state index in [9.17, 15) is 14.4 Å². The lowest BCUT2D eigenvalue weighted by Crippen LogP contribution is -2.14. The molecular weight excluding hydrogens is 376 g/mol. The van der Waals surface area contributed by atoms with Crippen molar-refractivity contribution in [2.24, 2.45) is 0 Å². The maximum Gasteiger partial charge on any atom is 0.338 e. The monoisotopic (exact) mass is 398 g/mol. The third kappa shape index (κ3) is 5.13. The van der Waals surface area contributed by atoms with E-state index in [1.54, 1.807) is 48.2 Å². The van der Waals surface area contributed by atoms with E-state index in [1.807, 2.05) is 13.0 Å². The average Bonchev–Trinajstić information content (AvgIpc) is 2.88. The van der Waals surface area contributed by atoms with Gasteiger partial charge in [0.05, 0.1) is 17.9 Å². The minimum Gasteiger partial charge on any atom is -0.462 e. The Morgan fingerprint density at radius 1 is 1.14 bits per heavy atom. The van der Waals surface area contributed by atoms with Gasteiger partial charge in [0.1, 0.15) is 0 Å². The molecule has 0 radical (unpaired) electrons. The van der Waals surface area contributed by atoms with Crippen LogP contribution >= 0.6 is 11.8 Å². The topological polar surface area (TPSA) is 84.5 Å². The van der Waals surface area contributed by atoms with Gasteiger partial charge >= 0.3 is 5.97 Å². The molecule has 2 aromatic rings. The molecule has 1 aliphatic rings. The first-order chi connectivity index (χ1) is 13.6. The van der Waals surface area contributed by atoms with Crippen LogP contribution < -0.4 is 10.6 Å². The third-order valence-corrected chi connectivity index (χ3v) is 5.29. The second-order valence-corrected chi connectivity index (χ2v) is 7.52. The van der Waals surface area contributed by atoms with Crippen LogP contribution in [0.4, 0.5) is 11.4 Å². The summed E-state index contributed by atoms with van der Waals surface area (Å²) in [4.78, 5) is 37.1. The molecule has 2 N–H and O–H groups in total. The van der Waals surface area contributed by atoms with Crippen molar-refractivity contribution in [1.29, 1.82) is 0 Å². The number of hydrogen-bond acceptors (Lipinski definition) is 5. The van der Waals surface area contributed by atoms with Crippen LogP contribution in [0.15, 0.2) is 47.4 Å². The van der Waals surface area contributed by atoms with E-state index in [0.717, 1.165) is 23.5 Å². The highest BCUT2D eigenvalue weighted by molar-refractivity contribution is 7.99. The van der Waals surface area contributed by atoms with Gasteiger partial charge in [-0.25, -0.2) is 4.79 Å². The van der Waals surface area contributed by atoms with E-state index in [4.69, 9.17) is 4.74 Å². The van der Waals surface area contributed by atoms with Crippen molar-refractivity contribution >= 4 is 40.9 Å². The van der Waals surface area contributed by atoms with Crippen LogP contribution in [-0.2, 0) is 9.53 Å². The fraction of sp³-hybridized carbons (Fsp3) is 0.286. The highest BCUT2D eigenvalue weighted by Gasteiger charge is 2.16. The Hall–Kier alpha value is -2.80. The molecule has 6 nitrogen and oxygen atoms in total. The number of esters is 1. The number of carbonyl (C=O) groups is 3. The van der Waals surface area contributed by atoms with Gasteiger partial charge in [0, 0.05) is 28.3 Å². The lowest BCUT2D eigenvalue weighted by Gasteiger charge is -2.10. The molecule has 28 heavy (non-hydrogen) atoms. The number of benzene rings is 2. The second-order valence-electron chi connectivity index (χ2n) is 6.38. The molecule has 0 saturated carbocycles. The number of unbranched alkanes of at least 4 members (excludes halogenated alkanes) is 1. The van der Waals surface area contributed by atoms with Crippen molar-refractivity contribution in [3.8, 4) is 0 Å². The van der Waals surface area contributed by atoms with Gasteiger partial charge in [-0.15, -0.1) is 11.8 Å².